The van der Waals surface area contributed by atoms with Crippen molar-refractivity contribution in [2.45, 2.75) is 232 Å². The van der Waals surface area contributed by atoms with Gasteiger partial charge in [-0.2, -0.15) is 0 Å². The van der Waals surface area contributed by atoms with E-state index < -0.39 is 6.10 Å². The van der Waals surface area contributed by atoms with Crippen molar-refractivity contribution < 1.29 is 28.6 Å². The fourth-order valence-corrected chi connectivity index (χ4v) is 6.51. The molecule has 0 aliphatic heterocycles. The average molecular weight is 797 g/mol. The van der Waals surface area contributed by atoms with E-state index in [4.69, 9.17) is 14.2 Å². The van der Waals surface area contributed by atoms with Gasteiger partial charge in [-0.3, -0.25) is 14.4 Å². The number of unbranched alkanes of at least 4 members (excludes halogenated alkanes) is 24. The highest BCUT2D eigenvalue weighted by Crippen LogP contribution is 2.14. The number of carbonyl (C=O) groups excluding carboxylic acids is 3. The van der Waals surface area contributed by atoms with Crippen molar-refractivity contribution in [2.24, 2.45) is 0 Å². The molecule has 0 aromatic carbocycles. The largest absolute Gasteiger partial charge is 0.462 e. The van der Waals surface area contributed by atoms with Crippen LogP contribution in [0.5, 0.6) is 0 Å². The molecule has 0 rings (SSSR count). The van der Waals surface area contributed by atoms with Gasteiger partial charge in [0, 0.05) is 19.3 Å². The van der Waals surface area contributed by atoms with Gasteiger partial charge in [-0.05, 0) is 64.2 Å². The topological polar surface area (TPSA) is 78.9 Å². The normalized spacial score (nSPS) is 12.5. The van der Waals surface area contributed by atoms with E-state index in [1.165, 1.54) is 103 Å². The summed E-state index contributed by atoms with van der Waals surface area (Å²) in [5.41, 5.74) is 0. The van der Waals surface area contributed by atoms with Crippen molar-refractivity contribution in [2.75, 3.05) is 13.2 Å². The first-order valence-corrected chi connectivity index (χ1v) is 23.8. The van der Waals surface area contributed by atoms with Gasteiger partial charge in [0.1, 0.15) is 13.2 Å². The first-order valence-electron chi connectivity index (χ1n) is 23.8. The summed E-state index contributed by atoms with van der Waals surface area (Å²) in [6, 6.07) is 0. The van der Waals surface area contributed by atoms with Gasteiger partial charge in [0.2, 0.25) is 0 Å². The quantitative estimate of drug-likeness (QED) is 0.0201. The van der Waals surface area contributed by atoms with Crippen LogP contribution in [0.25, 0.3) is 0 Å². The molecule has 0 saturated heterocycles. The maximum absolute atomic E-state index is 12.7. The van der Waals surface area contributed by atoms with Gasteiger partial charge >= 0.3 is 17.9 Å². The van der Waals surface area contributed by atoms with Crippen molar-refractivity contribution in [3.8, 4) is 0 Å². The van der Waals surface area contributed by atoms with E-state index in [1.807, 2.05) is 18.2 Å². The summed E-state index contributed by atoms with van der Waals surface area (Å²) in [4.78, 5) is 37.8. The number of allylic oxidation sites excluding steroid dienone is 10. The Balaban J connectivity index is 4.39. The summed E-state index contributed by atoms with van der Waals surface area (Å²) in [5, 5.41) is 0. The van der Waals surface area contributed by atoms with Crippen molar-refractivity contribution in [3.63, 3.8) is 0 Å². The summed E-state index contributed by atoms with van der Waals surface area (Å²) < 4.78 is 16.7. The van der Waals surface area contributed by atoms with E-state index in [0.29, 0.717) is 19.3 Å². The molecule has 1 unspecified atom stereocenters. The predicted molar refractivity (Wildman–Crippen MR) is 242 cm³/mol. The summed E-state index contributed by atoms with van der Waals surface area (Å²) in [7, 11) is 0. The molecule has 1 atom stereocenters. The van der Waals surface area contributed by atoms with Gasteiger partial charge < -0.3 is 14.2 Å². The van der Waals surface area contributed by atoms with Crippen LogP contribution in [0.1, 0.15) is 226 Å². The number of hydrogen-bond acceptors (Lipinski definition) is 6. The number of hydrogen-bond donors (Lipinski definition) is 0. The minimum absolute atomic E-state index is 0.0828. The Morgan fingerprint density at radius 2 is 0.702 bits per heavy atom. The molecular weight excluding hydrogens is 709 g/mol. The second-order valence-electron chi connectivity index (χ2n) is 15.7. The molecule has 0 aromatic rings. The average Bonchev–Trinajstić information content (AvgIpc) is 3.21. The molecule has 0 bridgehead atoms. The molecule has 0 saturated carbocycles. The third kappa shape index (κ3) is 44.1. The third-order valence-corrected chi connectivity index (χ3v) is 10.1. The maximum atomic E-state index is 12.7. The molecule has 57 heavy (non-hydrogen) atoms. The molecule has 0 heterocycles. The van der Waals surface area contributed by atoms with Gasteiger partial charge in [-0.1, -0.05) is 204 Å². The number of esters is 3. The first kappa shape index (κ1) is 54.1. The molecule has 0 N–H and O–H groups in total. The van der Waals surface area contributed by atoms with Gasteiger partial charge in [0.05, 0.1) is 0 Å². The molecule has 6 heteroatoms. The van der Waals surface area contributed by atoms with Crippen molar-refractivity contribution in [1.29, 1.82) is 0 Å². The van der Waals surface area contributed by atoms with Crippen LogP contribution < -0.4 is 0 Å². The smallest absolute Gasteiger partial charge is 0.306 e. The van der Waals surface area contributed by atoms with Crippen LogP contribution in [0, 0.1) is 0 Å². The molecule has 0 amide bonds. The van der Waals surface area contributed by atoms with E-state index in [1.54, 1.807) is 0 Å². The van der Waals surface area contributed by atoms with Crippen LogP contribution in [-0.4, -0.2) is 37.2 Å². The van der Waals surface area contributed by atoms with Crippen LogP contribution in [0.15, 0.2) is 60.8 Å². The van der Waals surface area contributed by atoms with E-state index in [2.05, 4.69) is 63.3 Å². The lowest BCUT2D eigenvalue weighted by atomic mass is 10.1. The molecule has 0 aromatic heterocycles. The summed E-state index contributed by atoms with van der Waals surface area (Å²) in [6.07, 6.45) is 54.8. The number of rotatable bonds is 42. The molecule has 0 fully saturated rings. The van der Waals surface area contributed by atoms with E-state index in [0.717, 1.165) is 83.5 Å². The molecule has 0 radical (unpaired) electrons. The zero-order chi connectivity index (χ0) is 41.5. The monoisotopic (exact) mass is 797 g/mol. The Hall–Kier alpha value is -2.89. The van der Waals surface area contributed by atoms with Crippen LogP contribution in [0.2, 0.25) is 0 Å². The van der Waals surface area contributed by atoms with Crippen LogP contribution in [0.3, 0.4) is 0 Å². The zero-order valence-electron chi connectivity index (χ0n) is 37.3. The highest BCUT2D eigenvalue weighted by atomic mass is 16.6. The fraction of sp³-hybridized carbons (Fsp3) is 0.745. The Labute approximate surface area is 351 Å². The van der Waals surface area contributed by atoms with Crippen molar-refractivity contribution in [1.82, 2.24) is 0 Å². The third-order valence-electron chi connectivity index (χ3n) is 10.1. The molecular formula is C51H88O6. The standard InChI is InChI=1S/C51H88O6/c1-4-7-10-13-16-19-21-23-25-27-29-32-35-38-41-44-50(53)56-47-48(46-55-49(52)43-40-37-34-31-18-15-12-9-6-3)57-51(54)45-42-39-36-33-30-28-26-24-22-20-17-14-11-8-5-2/h7,10,13,16,19-23,25,48H,4-6,8-9,11-12,14-15,17-18,24,26-47H2,1-3H3/b10-7-,16-13-,21-19-,22-20-,25-23-. The van der Waals surface area contributed by atoms with Gasteiger partial charge in [-0.25, -0.2) is 0 Å². The van der Waals surface area contributed by atoms with E-state index >= 15 is 0 Å². The molecule has 6 nitrogen and oxygen atoms in total. The molecule has 0 spiro atoms. The minimum Gasteiger partial charge on any atom is -0.462 e. The van der Waals surface area contributed by atoms with E-state index in [9.17, 15) is 14.4 Å². The maximum Gasteiger partial charge on any atom is 0.306 e. The number of carbonyl (C=O) groups is 3. The zero-order valence-corrected chi connectivity index (χ0v) is 37.3. The lowest BCUT2D eigenvalue weighted by molar-refractivity contribution is -0.167. The van der Waals surface area contributed by atoms with Crippen molar-refractivity contribution >= 4 is 17.9 Å². The van der Waals surface area contributed by atoms with Gasteiger partial charge in [-0.15, -0.1) is 0 Å². The fourth-order valence-electron chi connectivity index (χ4n) is 6.51. The second kappa shape index (κ2) is 45.8. The van der Waals surface area contributed by atoms with E-state index in [-0.39, 0.29) is 31.1 Å². The summed E-state index contributed by atoms with van der Waals surface area (Å²) in [5.74, 6) is -0.914. The lowest BCUT2D eigenvalue weighted by Gasteiger charge is -2.18. The highest BCUT2D eigenvalue weighted by molar-refractivity contribution is 5.71. The molecule has 0 aliphatic rings. The SMILES string of the molecule is CC\C=C/C=C\C=C/C=C\CCCCCCCC(=O)OCC(COC(=O)CCCCCCCCCCC)OC(=O)CCCCCCCCC/C=C\CCCCCC. The molecule has 328 valence electrons. The Morgan fingerprint density at radius 3 is 1.14 bits per heavy atom. The Kier molecular flexibility index (Phi) is 43.5. The Morgan fingerprint density at radius 1 is 0.368 bits per heavy atom. The van der Waals surface area contributed by atoms with Crippen molar-refractivity contribution in [3.05, 3.63) is 60.8 Å². The first-order chi connectivity index (χ1) is 28.0. The predicted octanol–water partition coefficient (Wildman–Crippen LogP) is 15.3. The highest BCUT2D eigenvalue weighted by Gasteiger charge is 2.19. The lowest BCUT2D eigenvalue weighted by Crippen LogP contribution is -2.30. The van der Waals surface area contributed by atoms with Crippen LogP contribution in [0.4, 0.5) is 0 Å². The molecule has 0 aliphatic carbocycles. The summed E-state index contributed by atoms with van der Waals surface area (Å²) in [6.45, 7) is 6.44. The second-order valence-corrected chi connectivity index (χ2v) is 15.7. The Bertz CT molecular complexity index is 1050. The van der Waals surface area contributed by atoms with Crippen LogP contribution >= 0.6 is 0 Å². The minimum atomic E-state index is -0.782. The van der Waals surface area contributed by atoms with Crippen LogP contribution in [-0.2, 0) is 28.6 Å². The number of ether oxygens (including phenoxy) is 3. The van der Waals surface area contributed by atoms with Gasteiger partial charge in [0.25, 0.3) is 0 Å². The van der Waals surface area contributed by atoms with Gasteiger partial charge in [0.15, 0.2) is 6.10 Å². The summed E-state index contributed by atoms with van der Waals surface area (Å²) >= 11 is 0.